The number of fused-ring (bicyclic) bond motifs is 1. The van der Waals surface area contributed by atoms with E-state index in [4.69, 9.17) is 0 Å². The number of carbonyl (C=O) groups excluding carboxylic acids is 1. The number of nitrogens with one attached hydrogen (secondary N) is 1. The van der Waals surface area contributed by atoms with Crippen LogP contribution in [-0.4, -0.2) is 80.2 Å². The molecule has 29 heavy (non-hydrogen) atoms. The van der Waals surface area contributed by atoms with Crippen molar-refractivity contribution >= 4 is 17.5 Å². The summed E-state index contributed by atoms with van der Waals surface area (Å²) < 4.78 is 16.8. The van der Waals surface area contributed by atoms with Crippen LogP contribution in [0.4, 0.5) is 10.2 Å². The number of nitrogens with zero attached hydrogens (tertiary/aromatic N) is 6. The second-order valence-corrected chi connectivity index (χ2v) is 8.19. The molecule has 1 N–H and O–H groups in total. The molecule has 2 aromatic rings. The third-order valence-electron chi connectivity index (χ3n) is 6.09. The molecule has 2 aromatic heterocycles. The molecule has 0 aliphatic carbocycles. The first kappa shape index (κ1) is 20.0. The first-order valence-electron chi connectivity index (χ1n) is 10.7. The highest BCUT2D eigenvalue weighted by atomic mass is 19.1. The zero-order valence-electron chi connectivity index (χ0n) is 16.9. The Morgan fingerprint density at radius 1 is 1.14 bits per heavy atom. The molecule has 0 bridgehead atoms. The summed E-state index contributed by atoms with van der Waals surface area (Å²) in [6, 6.07) is 1.76. The second kappa shape index (κ2) is 9.02. The van der Waals surface area contributed by atoms with Crippen LogP contribution in [0.2, 0.25) is 0 Å². The minimum atomic E-state index is -1.33. The van der Waals surface area contributed by atoms with Crippen LogP contribution in [0.5, 0.6) is 0 Å². The summed E-state index contributed by atoms with van der Waals surface area (Å²) in [5.41, 5.74) is -1.33. The number of amides is 1. The topological polar surface area (TPSA) is 78.7 Å². The summed E-state index contributed by atoms with van der Waals surface area (Å²) in [5, 5.41) is 7.24. The van der Waals surface area contributed by atoms with Gasteiger partial charge in [-0.3, -0.25) is 4.79 Å². The molecule has 0 saturated carbocycles. The van der Waals surface area contributed by atoms with E-state index in [-0.39, 0.29) is 12.5 Å². The Morgan fingerprint density at radius 3 is 2.72 bits per heavy atom. The maximum atomic E-state index is 15.2. The molecule has 1 amide bonds. The van der Waals surface area contributed by atoms with Gasteiger partial charge in [-0.2, -0.15) is 14.6 Å². The largest absolute Gasteiger partial charge is 0.367 e. The van der Waals surface area contributed by atoms with E-state index in [1.165, 1.54) is 25.6 Å². The van der Waals surface area contributed by atoms with Crippen LogP contribution < -0.4 is 5.32 Å². The van der Waals surface area contributed by atoms with Crippen molar-refractivity contribution in [3.63, 3.8) is 0 Å². The number of carbonyl (C=O) groups is 1. The monoisotopic (exact) mass is 403 g/mol. The van der Waals surface area contributed by atoms with Crippen LogP contribution >= 0.6 is 0 Å². The Bertz CT molecular complexity index is 812. The van der Waals surface area contributed by atoms with Crippen molar-refractivity contribution in [1.82, 2.24) is 29.4 Å². The quantitative estimate of drug-likeness (QED) is 0.763. The van der Waals surface area contributed by atoms with Gasteiger partial charge < -0.3 is 15.1 Å². The fourth-order valence-electron chi connectivity index (χ4n) is 4.25. The predicted octanol–water partition coefficient (Wildman–Crippen LogP) is 2.13. The molecular formula is C20H30FN7O. The van der Waals surface area contributed by atoms with Crippen molar-refractivity contribution < 1.29 is 9.18 Å². The van der Waals surface area contributed by atoms with Crippen LogP contribution in [0.25, 0.3) is 5.78 Å². The van der Waals surface area contributed by atoms with Crippen LogP contribution in [-0.2, 0) is 4.79 Å². The fourth-order valence-corrected chi connectivity index (χ4v) is 4.25. The molecule has 0 atom stereocenters. The summed E-state index contributed by atoms with van der Waals surface area (Å²) >= 11 is 0. The number of hydrogen-bond acceptors (Lipinski definition) is 6. The first-order chi connectivity index (χ1) is 14.1. The van der Waals surface area contributed by atoms with Crippen molar-refractivity contribution in [2.75, 3.05) is 44.6 Å². The Balaban J connectivity index is 1.20. The summed E-state index contributed by atoms with van der Waals surface area (Å²) in [6.45, 7) is 4.47. The van der Waals surface area contributed by atoms with E-state index in [0.29, 0.717) is 43.9 Å². The number of alkyl halides is 1. The molecule has 2 saturated heterocycles. The van der Waals surface area contributed by atoms with Crippen molar-refractivity contribution in [1.29, 1.82) is 0 Å². The Morgan fingerprint density at radius 2 is 1.93 bits per heavy atom. The van der Waals surface area contributed by atoms with Gasteiger partial charge in [-0.15, -0.1) is 0 Å². The van der Waals surface area contributed by atoms with Gasteiger partial charge in [0, 0.05) is 38.5 Å². The van der Waals surface area contributed by atoms with Crippen molar-refractivity contribution in [2.24, 2.45) is 0 Å². The van der Waals surface area contributed by atoms with Gasteiger partial charge in [0.2, 0.25) is 5.91 Å². The normalized spacial score (nSPS) is 20.1. The maximum Gasteiger partial charge on any atom is 0.254 e. The molecule has 4 heterocycles. The van der Waals surface area contributed by atoms with Gasteiger partial charge in [-0.1, -0.05) is 6.42 Å². The van der Waals surface area contributed by atoms with E-state index in [0.717, 1.165) is 26.1 Å². The van der Waals surface area contributed by atoms with Gasteiger partial charge in [0.05, 0.1) is 6.54 Å². The molecule has 0 unspecified atom stereocenters. The molecule has 2 aliphatic rings. The van der Waals surface area contributed by atoms with Gasteiger partial charge in [0.15, 0.2) is 0 Å². The molecule has 0 spiro atoms. The van der Waals surface area contributed by atoms with Gasteiger partial charge in [0.1, 0.15) is 17.8 Å². The van der Waals surface area contributed by atoms with Crippen LogP contribution in [0.1, 0.15) is 44.9 Å². The summed E-state index contributed by atoms with van der Waals surface area (Å²) in [6.07, 6.45) is 9.09. The summed E-state index contributed by atoms with van der Waals surface area (Å²) in [4.78, 5) is 24.9. The van der Waals surface area contributed by atoms with E-state index >= 15 is 4.39 Å². The maximum absolute atomic E-state index is 15.2. The fraction of sp³-hybridized carbons (Fsp3) is 0.700. The molecule has 0 radical (unpaired) electrons. The lowest BCUT2D eigenvalue weighted by Crippen LogP contribution is -2.47. The van der Waals surface area contributed by atoms with Gasteiger partial charge in [-0.25, -0.2) is 9.37 Å². The predicted molar refractivity (Wildman–Crippen MR) is 108 cm³/mol. The van der Waals surface area contributed by atoms with Gasteiger partial charge >= 0.3 is 0 Å². The highest BCUT2D eigenvalue weighted by molar-refractivity contribution is 5.76. The molecule has 9 heteroatoms. The molecular weight excluding hydrogens is 373 g/mol. The third-order valence-corrected chi connectivity index (χ3v) is 6.09. The Hall–Kier alpha value is -2.29. The lowest BCUT2D eigenvalue weighted by atomic mass is 9.93. The van der Waals surface area contributed by atoms with Gasteiger partial charge in [-0.05, 0) is 45.0 Å². The Kier molecular flexibility index (Phi) is 6.22. The van der Waals surface area contributed by atoms with E-state index in [2.05, 4.69) is 25.3 Å². The summed E-state index contributed by atoms with van der Waals surface area (Å²) in [7, 11) is 0. The third kappa shape index (κ3) is 5.01. The number of piperidine rings is 2. The number of hydrogen-bond donors (Lipinski definition) is 1. The van der Waals surface area contributed by atoms with Crippen molar-refractivity contribution in [2.45, 2.75) is 50.6 Å². The number of rotatable bonds is 7. The van der Waals surface area contributed by atoms with Crippen LogP contribution in [0.15, 0.2) is 18.6 Å². The number of aromatic nitrogens is 4. The molecule has 158 valence electrons. The van der Waals surface area contributed by atoms with Gasteiger partial charge in [0.25, 0.3) is 5.78 Å². The van der Waals surface area contributed by atoms with E-state index in [9.17, 15) is 4.79 Å². The Labute approximate surface area is 170 Å². The smallest absolute Gasteiger partial charge is 0.254 e. The zero-order chi connectivity index (χ0) is 20.1. The lowest BCUT2D eigenvalue weighted by Gasteiger charge is -2.36. The number of halogens is 1. The van der Waals surface area contributed by atoms with Crippen LogP contribution in [0.3, 0.4) is 0 Å². The SMILES string of the molecule is O=C(CCCN1CCCCC1)N1CCC(F)(CNc2ccnc3ncnn23)CC1. The minimum Gasteiger partial charge on any atom is -0.367 e. The lowest BCUT2D eigenvalue weighted by molar-refractivity contribution is -0.133. The highest BCUT2D eigenvalue weighted by Gasteiger charge is 2.35. The second-order valence-electron chi connectivity index (χ2n) is 8.19. The number of likely N-dealkylation sites (tertiary alicyclic amines) is 2. The molecule has 2 aliphatic heterocycles. The molecule has 4 rings (SSSR count). The van der Waals surface area contributed by atoms with E-state index in [1.807, 2.05) is 4.90 Å². The standard InChI is InChI=1S/C20H30FN7O/c21-20(15-23-17-6-9-22-19-24-16-25-28(17)19)7-13-27(14-8-20)18(29)5-4-12-26-10-2-1-3-11-26/h6,9,16,23H,1-5,7-8,10-15H2. The molecule has 0 aromatic carbocycles. The number of anilines is 1. The van der Waals surface area contributed by atoms with E-state index < -0.39 is 5.67 Å². The minimum absolute atomic E-state index is 0.162. The van der Waals surface area contributed by atoms with E-state index in [1.54, 1.807) is 16.8 Å². The molecule has 8 nitrogen and oxygen atoms in total. The highest BCUT2D eigenvalue weighted by Crippen LogP contribution is 2.27. The van der Waals surface area contributed by atoms with Crippen LogP contribution in [0, 0.1) is 0 Å². The zero-order valence-corrected chi connectivity index (χ0v) is 16.9. The average Bonchev–Trinajstić information content (AvgIpc) is 3.23. The first-order valence-corrected chi connectivity index (χ1v) is 10.7. The molecule has 2 fully saturated rings. The summed E-state index contributed by atoms with van der Waals surface area (Å²) in [5.74, 6) is 1.31. The van der Waals surface area contributed by atoms with Crippen molar-refractivity contribution in [3.8, 4) is 0 Å². The van der Waals surface area contributed by atoms with Crippen molar-refractivity contribution in [3.05, 3.63) is 18.6 Å². The average molecular weight is 404 g/mol.